The molecule has 1 fully saturated rings. The highest BCUT2D eigenvalue weighted by Crippen LogP contribution is 2.18. The first-order valence-electron chi connectivity index (χ1n) is 7.44. The predicted octanol–water partition coefficient (Wildman–Crippen LogP) is 3.70. The van der Waals surface area contributed by atoms with E-state index in [1.54, 1.807) is 12.1 Å². The van der Waals surface area contributed by atoms with Crippen LogP contribution in [0, 0.1) is 0 Å². The molecule has 0 aromatic heterocycles. The Bertz CT molecular complexity index is 448. The smallest absolute Gasteiger partial charge is 0.251 e. The first-order chi connectivity index (χ1) is 9.79. The van der Waals surface area contributed by atoms with Crippen LogP contribution in [0.1, 0.15) is 48.9 Å². The number of rotatable bonds is 5. The van der Waals surface area contributed by atoms with Crippen molar-refractivity contribution in [2.24, 2.45) is 0 Å². The Labute approximate surface area is 121 Å². The van der Waals surface area contributed by atoms with Crippen LogP contribution in [0.4, 0.5) is 0 Å². The maximum atomic E-state index is 12.3. The van der Waals surface area contributed by atoms with Gasteiger partial charge in [0.25, 0.3) is 5.91 Å². The van der Waals surface area contributed by atoms with E-state index >= 15 is 0 Å². The third kappa shape index (κ3) is 4.41. The van der Waals surface area contributed by atoms with Gasteiger partial charge in [0.05, 0.1) is 0 Å². The lowest BCUT2D eigenvalue weighted by Gasteiger charge is -2.16. The molecule has 0 unspecified atom stereocenters. The molecule has 0 radical (unpaired) electrons. The molecule has 3 heteroatoms. The minimum absolute atomic E-state index is 0.000882. The normalized spacial score (nSPS) is 16.2. The van der Waals surface area contributed by atoms with E-state index in [1.807, 2.05) is 18.2 Å². The summed E-state index contributed by atoms with van der Waals surface area (Å²) in [5.41, 5.74) is 0.663. The fourth-order valence-corrected chi connectivity index (χ4v) is 2.57. The SMILES string of the molecule is C=CCOc1cccc(C(=O)NC2CCCCCC2)c1. The largest absolute Gasteiger partial charge is 0.490 e. The minimum Gasteiger partial charge on any atom is -0.490 e. The average molecular weight is 273 g/mol. The summed E-state index contributed by atoms with van der Waals surface area (Å²) in [6, 6.07) is 7.64. The topological polar surface area (TPSA) is 38.3 Å². The predicted molar refractivity (Wildman–Crippen MR) is 81.1 cm³/mol. The van der Waals surface area contributed by atoms with Crippen molar-refractivity contribution >= 4 is 5.91 Å². The van der Waals surface area contributed by atoms with Gasteiger partial charge >= 0.3 is 0 Å². The van der Waals surface area contributed by atoms with Crippen molar-refractivity contribution in [3.8, 4) is 5.75 Å². The molecule has 0 atom stereocenters. The highest BCUT2D eigenvalue weighted by atomic mass is 16.5. The van der Waals surface area contributed by atoms with E-state index < -0.39 is 0 Å². The molecular formula is C17H23NO2. The number of carbonyl (C=O) groups excluding carboxylic acids is 1. The van der Waals surface area contributed by atoms with Crippen LogP contribution < -0.4 is 10.1 Å². The van der Waals surface area contributed by atoms with Crippen molar-refractivity contribution in [1.29, 1.82) is 0 Å². The van der Waals surface area contributed by atoms with Crippen molar-refractivity contribution in [3.05, 3.63) is 42.5 Å². The van der Waals surface area contributed by atoms with Crippen molar-refractivity contribution in [3.63, 3.8) is 0 Å². The second kappa shape index (κ2) is 7.73. The Balaban J connectivity index is 1.95. The Morgan fingerprint density at radius 2 is 2.05 bits per heavy atom. The number of hydrogen-bond acceptors (Lipinski definition) is 2. The van der Waals surface area contributed by atoms with E-state index in [9.17, 15) is 4.79 Å². The van der Waals surface area contributed by atoms with Gasteiger partial charge in [-0.25, -0.2) is 0 Å². The van der Waals surface area contributed by atoms with Crippen LogP contribution in [0.25, 0.3) is 0 Å². The maximum Gasteiger partial charge on any atom is 0.251 e. The van der Waals surface area contributed by atoms with E-state index in [4.69, 9.17) is 4.74 Å². The van der Waals surface area contributed by atoms with E-state index in [1.165, 1.54) is 25.7 Å². The Morgan fingerprint density at radius 3 is 2.75 bits per heavy atom. The van der Waals surface area contributed by atoms with E-state index in [0.717, 1.165) is 12.8 Å². The Hall–Kier alpha value is -1.77. The summed E-state index contributed by atoms with van der Waals surface area (Å²) in [5.74, 6) is 0.708. The molecule has 108 valence electrons. The quantitative estimate of drug-likeness (QED) is 0.656. The summed E-state index contributed by atoms with van der Waals surface area (Å²) in [5, 5.41) is 3.14. The number of ether oxygens (including phenoxy) is 1. The zero-order chi connectivity index (χ0) is 14.2. The molecule has 1 aromatic carbocycles. The molecule has 2 rings (SSSR count). The third-order valence-corrected chi connectivity index (χ3v) is 3.65. The van der Waals surface area contributed by atoms with Gasteiger partial charge < -0.3 is 10.1 Å². The molecule has 0 spiro atoms. The summed E-state index contributed by atoms with van der Waals surface area (Å²) in [6.45, 7) is 4.07. The second-order valence-electron chi connectivity index (χ2n) is 5.29. The van der Waals surface area contributed by atoms with Crippen LogP contribution in [0.2, 0.25) is 0 Å². The van der Waals surface area contributed by atoms with Gasteiger partial charge in [-0.15, -0.1) is 0 Å². The van der Waals surface area contributed by atoms with Gasteiger partial charge in [0.1, 0.15) is 12.4 Å². The van der Waals surface area contributed by atoms with E-state index in [-0.39, 0.29) is 5.91 Å². The highest BCUT2D eigenvalue weighted by Gasteiger charge is 2.15. The summed E-state index contributed by atoms with van der Waals surface area (Å²) in [6.07, 6.45) is 8.89. The van der Waals surface area contributed by atoms with Crippen molar-refractivity contribution in [2.75, 3.05) is 6.61 Å². The molecule has 0 bridgehead atoms. The average Bonchev–Trinajstić information content (AvgIpc) is 2.74. The summed E-state index contributed by atoms with van der Waals surface area (Å²) in [4.78, 5) is 12.3. The number of carbonyl (C=O) groups is 1. The standard InChI is InChI=1S/C17H23NO2/c1-2-12-20-16-11-7-8-14(13-16)17(19)18-15-9-5-3-4-6-10-15/h2,7-8,11,13,15H,1,3-6,9-10,12H2,(H,18,19). The molecule has 1 amide bonds. The van der Waals surface area contributed by atoms with Gasteiger partial charge in [-0.05, 0) is 31.0 Å². The molecule has 1 saturated carbocycles. The summed E-state index contributed by atoms with van der Waals surface area (Å²) >= 11 is 0. The molecule has 0 saturated heterocycles. The van der Waals surface area contributed by atoms with Gasteiger partial charge in [0.2, 0.25) is 0 Å². The third-order valence-electron chi connectivity index (χ3n) is 3.65. The first-order valence-corrected chi connectivity index (χ1v) is 7.44. The number of nitrogens with one attached hydrogen (secondary N) is 1. The molecule has 1 aliphatic carbocycles. The Kier molecular flexibility index (Phi) is 5.66. The highest BCUT2D eigenvalue weighted by molar-refractivity contribution is 5.94. The fourth-order valence-electron chi connectivity index (χ4n) is 2.57. The fraction of sp³-hybridized carbons (Fsp3) is 0.471. The summed E-state index contributed by atoms with van der Waals surface area (Å²) < 4.78 is 5.46. The van der Waals surface area contributed by atoms with E-state index in [2.05, 4.69) is 11.9 Å². The minimum atomic E-state index is 0.000882. The van der Waals surface area contributed by atoms with Gasteiger partial charge in [-0.2, -0.15) is 0 Å². The van der Waals surface area contributed by atoms with Gasteiger partial charge in [0.15, 0.2) is 0 Å². The van der Waals surface area contributed by atoms with Crippen LogP contribution in [0.3, 0.4) is 0 Å². The first kappa shape index (κ1) is 14.6. The second-order valence-corrected chi connectivity index (χ2v) is 5.29. The van der Waals surface area contributed by atoms with Crippen LogP contribution in [0.15, 0.2) is 36.9 Å². The molecule has 3 nitrogen and oxygen atoms in total. The van der Waals surface area contributed by atoms with Crippen LogP contribution >= 0.6 is 0 Å². The van der Waals surface area contributed by atoms with Crippen LogP contribution in [-0.2, 0) is 0 Å². The monoisotopic (exact) mass is 273 g/mol. The lowest BCUT2D eigenvalue weighted by Crippen LogP contribution is -2.34. The van der Waals surface area contributed by atoms with Crippen LogP contribution in [0.5, 0.6) is 5.75 Å². The number of hydrogen-bond donors (Lipinski definition) is 1. The van der Waals surface area contributed by atoms with Crippen molar-refractivity contribution in [2.45, 2.75) is 44.6 Å². The molecule has 1 aliphatic rings. The number of amides is 1. The van der Waals surface area contributed by atoms with Crippen molar-refractivity contribution in [1.82, 2.24) is 5.32 Å². The Morgan fingerprint density at radius 1 is 1.30 bits per heavy atom. The molecule has 20 heavy (non-hydrogen) atoms. The molecule has 0 aliphatic heterocycles. The molecule has 1 N–H and O–H groups in total. The van der Waals surface area contributed by atoms with Gasteiger partial charge in [-0.3, -0.25) is 4.79 Å². The molecular weight excluding hydrogens is 250 g/mol. The lowest BCUT2D eigenvalue weighted by atomic mass is 10.1. The summed E-state index contributed by atoms with van der Waals surface area (Å²) in [7, 11) is 0. The lowest BCUT2D eigenvalue weighted by molar-refractivity contribution is 0.0933. The molecule has 0 heterocycles. The zero-order valence-electron chi connectivity index (χ0n) is 11.9. The zero-order valence-corrected chi connectivity index (χ0v) is 11.9. The van der Waals surface area contributed by atoms with E-state index in [0.29, 0.717) is 24.0 Å². The van der Waals surface area contributed by atoms with Crippen molar-refractivity contribution < 1.29 is 9.53 Å². The molecule has 1 aromatic rings. The van der Waals surface area contributed by atoms with Gasteiger partial charge in [0, 0.05) is 11.6 Å². The number of benzene rings is 1. The maximum absolute atomic E-state index is 12.3. The van der Waals surface area contributed by atoms with Crippen LogP contribution in [-0.4, -0.2) is 18.6 Å². The van der Waals surface area contributed by atoms with Gasteiger partial charge in [-0.1, -0.05) is 44.4 Å².